The lowest BCUT2D eigenvalue weighted by atomic mass is 10.2. The monoisotopic (exact) mass is 377 g/mol. The molecule has 0 bridgehead atoms. The third-order valence-corrected chi connectivity index (χ3v) is 4.44. The Morgan fingerprint density at radius 3 is 2.74 bits per heavy atom. The zero-order valence-electron chi connectivity index (χ0n) is 13.1. The number of H-pyrrole nitrogens is 1. The van der Waals surface area contributed by atoms with E-state index in [2.05, 4.69) is 48.1 Å². The molecule has 2 aromatic heterocycles. The first-order chi connectivity index (χ1) is 11.1. The topological polar surface area (TPSA) is 64.3 Å². The van der Waals surface area contributed by atoms with Crippen molar-refractivity contribution in [1.82, 2.24) is 20.2 Å². The van der Waals surface area contributed by atoms with Gasteiger partial charge in [-0.2, -0.15) is 0 Å². The molecule has 1 amide bonds. The van der Waals surface area contributed by atoms with E-state index in [1.165, 1.54) is 0 Å². The molecule has 0 radical (unpaired) electrons. The molecule has 0 aliphatic carbocycles. The van der Waals surface area contributed by atoms with Gasteiger partial charge in [-0.15, -0.1) is 0 Å². The maximum Gasteiger partial charge on any atom is 0.268 e. The Kier molecular flexibility index (Phi) is 4.97. The van der Waals surface area contributed by atoms with E-state index in [-0.39, 0.29) is 5.91 Å². The quantitative estimate of drug-likeness (QED) is 0.853. The molecule has 1 aliphatic heterocycles. The third-order valence-electron chi connectivity index (χ3n) is 3.98. The van der Waals surface area contributed by atoms with Crippen molar-refractivity contribution in [2.24, 2.45) is 0 Å². The number of amides is 1. The number of carbonyl (C=O) groups excluding carboxylic acids is 1. The fourth-order valence-electron chi connectivity index (χ4n) is 2.52. The molecule has 122 valence electrons. The zero-order chi connectivity index (χ0) is 16.2. The Hall–Kier alpha value is -1.86. The van der Waals surface area contributed by atoms with Crippen LogP contribution in [0.1, 0.15) is 16.1 Å². The second-order valence-corrected chi connectivity index (χ2v) is 6.64. The molecule has 0 atom stereocenters. The zero-order valence-corrected chi connectivity index (χ0v) is 14.6. The maximum absolute atomic E-state index is 12.0. The summed E-state index contributed by atoms with van der Waals surface area (Å²) < 4.78 is 0.862. The lowest BCUT2D eigenvalue weighted by Crippen LogP contribution is -2.44. The van der Waals surface area contributed by atoms with E-state index >= 15 is 0 Å². The fourth-order valence-corrected chi connectivity index (χ4v) is 2.86. The Bertz CT molecular complexity index is 661. The predicted molar refractivity (Wildman–Crippen MR) is 93.6 cm³/mol. The Labute approximate surface area is 144 Å². The number of nitrogens with one attached hydrogen (secondary N) is 2. The summed E-state index contributed by atoms with van der Waals surface area (Å²) in [6, 6.07) is 5.80. The molecule has 0 aromatic carbocycles. The molecule has 0 spiro atoms. The SMILES string of the molecule is CN1CCN(c2ccc(CNC(=O)c3cc(Br)c[nH]3)cn2)CC1. The van der Waals surface area contributed by atoms with Crippen molar-refractivity contribution in [3.63, 3.8) is 0 Å². The number of hydrogen-bond donors (Lipinski definition) is 2. The van der Waals surface area contributed by atoms with Gasteiger partial charge in [0.2, 0.25) is 0 Å². The number of carbonyl (C=O) groups is 1. The second kappa shape index (κ2) is 7.14. The number of likely N-dealkylation sites (N-methyl/N-ethyl adjacent to an activating group) is 1. The van der Waals surface area contributed by atoms with Gasteiger partial charge in [0.15, 0.2) is 0 Å². The number of aromatic amines is 1. The van der Waals surface area contributed by atoms with Crippen molar-refractivity contribution in [3.05, 3.63) is 46.3 Å². The fraction of sp³-hybridized carbons (Fsp3) is 0.375. The number of nitrogens with zero attached hydrogens (tertiary/aromatic N) is 3. The van der Waals surface area contributed by atoms with Crippen LogP contribution in [0, 0.1) is 0 Å². The molecule has 2 aromatic rings. The summed E-state index contributed by atoms with van der Waals surface area (Å²) in [5.41, 5.74) is 1.53. The first kappa shape index (κ1) is 16.0. The van der Waals surface area contributed by atoms with E-state index < -0.39 is 0 Å². The summed E-state index contributed by atoms with van der Waals surface area (Å²) in [7, 11) is 2.14. The van der Waals surface area contributed by atoms with Crippen molar-refractivity contribution in [2.45, 2.75) is 6.54 Å². The Balaban J connectivity index is 1.54. The van der Waals surface area contributed by atoms with Gasteiger partial charge in [0, 0.05) is 49.6 Å². The lowest BCUT2D eigenvalue weighted by Gasteiger charge is -2.33. The first-order valence-electron chi connectivity index (χ1n) is 7.62. The van der Waals surface area contributed by atoms with Crippen LogP contribution in [0.5, 0.6) is 0 Å². The molecule has 0 unspecified atom stereocenters. The summed E-state index contributed by atoms with van der Waals surface area (Å²) >= 11 is 3.32. The smallest absolute Gasteiger partial charge is 0.268 e. The van der Waals surface area contributed by atoms with E-state index in [0.717, 1.165) is 42.0 Å². The van der Waals surface area contributed by atoms with Crippen LogP contribution in [0.25, 0.3) is 0 Å². The van der Waals surface area contributed by atoms with Crippen LogP contribution in [0.3, 0.4) is 0 Å². The van der Waals surface area contributed by atoms with E-state index in [0.29, 0.717) is 12.2 Å². The van der Waals surface area contributed by atoms with E-state index in [1.807, 2.05) is 18.3 Å². The van der Waals surface area contributed by atoms with Gasteiger partial charge in [0.25, 0.3) is 5.91 Å². The van der Waals surface area contributed by atoms with Crippen LogP contribution in [0.2, 0.25) is 0 Å². The third kappa shape index (κ3) is 4.11. The Morgan fingerprint density at radius 1 is 1.35 bits per heavy atom. The average Bonchev–Trinajstić information content (AvgIpc) is 3.00. The van der Waals surface area contributed by atoms with Gasteiger partial charge in [-0.05, 0) is 40.7 Å². The van der Waals surface area contributed by atoms with Gasteiger partial charge < -0.3 is 20.1 Å². The van der Waals surface area contributed by atoms with Gasteiger partial charge in [0.05, 0.1) is 0 Å². The molecule has 3 rings (SSSR count). The maximum atomic E-state index is 12.0. The summed E-state index contributed by atoms with van der Waals surface area (Å²) in [5.74, 6) is 0.875. The summed E-state index contributed by atoms with van der Waals surface area (Å²) in [4.78, 5) is 24.0. The molecule has 7 heteroatoms. The van der Waals surface area contributed by atoms with Crippen LogP contribution >= 0.6 is 15.9 Å². The highest BCUT2D eigenvalue weighted by molar-refractivity contribution is 9.10. The largest absolute Gasteiger partial charge is 0.356 e. The summed E-state index contributed by atoms with van der Waals surface area (Å²) in [6.07, 6.45) is 3.57. The van der Waals surface area contributed by atoms with Crippen LogP contribution < -0.4 is 10.2 Å². The van der Waals surface area contributed by atoms with E-state index in [9.17, 15) is 4.79 Å². The summed E-state index contributed by atoms with van der Waals surface area (Å²) in [6.45, 7) is 4.59. The molecule has 23 heavy (non-hydrogen) atoms. The molecule has 0 saturated carbocycles. The molecular formula is C16H20BrN5O. The number of hydrogen-bond acceptors (Lipinski definition) is 4. The normalized spacial score (nSPS) is 15.7. The molecule has 2 N–H and O–H groups in total. The minimum absolute atomic E-state index is 0.126. The van der Waals surface area contributed by atoms with Crippen molar-refractivity contribution >= 4 is 27.7 Å². The van der Waals surface area contributed by atoms with E-state index in [4.69, 9.17) is 0 Å². The molecule has 1 saturated heterocycles. The molecule has 6 nitrogen and oxygen atoms in total. The highest BCUT2D eigenvalue weighted by atomic mass is 79.9. The van der Waals surface area contributed by atoms with Gasteiger partial charge in [-0.1, -0.05) is 6.07 Å². The number of piperazine rings is 1. The predicted octanol–water partition coefficient (Wildman–Crippen LogP) is 1.85. The number of pyridine rings is 1. The van der Waals surface area contributed by atoms with Crippen LogP contribution in [-0.4, -0.2) is 54.0 Å². The van der Waals surface area contributed by atoms with Crippen molar-refractivity contribution in [3.8, 4) is 0 Å². The highest BCUT2D eigenvalue weighted by Gasteiger charge is 2.15. The molecular weight excluding hydrogens is 358 g/mol. The Morgan fingerprint density at radius 2 is 2.13 bits per heavy atom. The van der Waals surface area contributed by atoms with Crippen LogP contribution in [0.15, 0.2) is 35.1 Å². The number of halogens is 1. The number of aromatic nitrogens is 2. The van der Waals surface area contributed by atoms with Crippen molar-refractivity contribution in [1.29, 1.82) is 0 Å². The van der Waals surface area contributed by atoms with Crippen molar-refractivity contribution in [2.75, 3.05) is 38.1 Å². The standard InChI is InChI=1S/C16H20BrN5O/c1-21-4-6-22(7-5-21)15-3-2-12(9-19-15)10-20-16(23)14-8-13(17)11-18-14/h2-3,8-9,11,18H,4-7,10H2,1H3,(H,20,23). The first-order valence-corrected chi connectivity index (χ1v) is 8.41. The summed E-state index contributed by atoms with van der Waals surface area (Å²) in [5, 5.41) is 2.88. The molecule has 3 heterocycles. The number of rotatable bonds is 4. The highest BCUT2D eigenvalue weighted by Crippen LogP contribution is 2.14. The van der Waals surface area contributed by atoms with Gasteiger partial charge in [-0.25, -0.2) is 4.98 Å². The van der Waals surface area contributed by atoms with Gasteiger partial charge in [0.1, 0.15) is 11.5 Å². The van der Waals surface area contributed by atoms with Gasteiger partial charge in [-0.3, -0.25) is 4.79 Å². The van der Waals surface area contributed by atoms with Gasteiger partial charge >= 0.3 is 0 Å². The molecule has 1 aliphatic rings. The number of anilines is 1. The van der Waals surface area contributed by atoms with Crippen molar-refractivity contribution < 1.29 is 4.79 Å². The second-order valence-electron chi connectivity index (χ2n) is 5.73. The lowest BCUT2D eigenvalue weighted by molar-refractivity contribution is 0.0946. The van der Waals surface area contributed by atoms with Crippen LogP contribution in [0.4, 0.5) is 5.82 Å². The minimum atomic E-state index is -0.126. The average molecular weight is 378 g/mol. The van der Waals surface area contributed by atoms with E-state index in [1.54, 1.807) is 12.3 Å². The minimum Gasteiger partial charge on any atom is -0.356 e. The van der Waals surface area contributed by atoms with Crippen LogP contribution in [-0.2, 0) is 6.54 Å². The molecule has 1 fully saturated rings.